The smallest absolute Gasteiger partial charge is 0.342 e. The lowest BCUT2D eigenvalue weighted by atomic mass is 10.1. The van der Waals surface area contributed by atoms with Crippen molar-refractivity contribution in [3.63, 3.8) is 0 Å². The van der Waals surface area contributed by atoms with E-state index in [1.54, 1.807) is 0 Å². The second-order valence-electron chi connectivity index (χ2n) is 3.53. The molecule has 0 fully saturated rings. The Morgan fingerprint density at radius 2 is 2.24 bits per heavy atom. The van der Waals surface area contributed by atoms with Crippen molar-refractivity contribution in [2.24, 2.45) is 0 Å². The highest BCUT2D eigenvalue weighted by molar-refractivity contribution is 5.76. The van der Waals surface area contributed by atoms with Crippen molar-refractivity contribution in [3.05, 3.63) is 20.8 Å². The summed E-state index contributed by atoms with van der Waals surface area (Å²) in [6, 6.07) is -0.894. The monoisotopic (exact) mass is 242 g/mol. The number of hydrogen-bond donors (Lipinski definition) is 4. The Labute approximate surface area is 96.1 Å². The molecule has 0 unspecified atom stereocenters. The molecular weight excluding hydrogens is 228 g/mol. The lowest BCUT2D eigenvalue weighted by molar-refractivity contribution is -0.138. The topological polar surface area (TPSA) is 128 Å². The zero-order valence-electron chi connectivity index (χ0n) is 9.32. The van der Waals surface area contributed by atoms with Crippen LogP contribution in [0.4, 0.5) is 5.82 Å². The van der Waals surface area contributed by atoms with Crippen LogP contribution >= 0.6 is 0 Å². The summed E-state index contributed by atoms with van der Waals surface area (Å²) in [6.07, 6.45) is 1.94. The molecule has 0 aliphatic rings. The molecule has 4 N–H and O–H groups in total. The van der Waals surface area contributed by atoms with Crippen LogP contribution in [0.15, 0.2) is 9.59 Å². The molecule has 0 aliphatic carbocycles. The summed E-state index contributed by atoms with van der Waals surface area (Å²) in [5.41, 5.74) is -1.47. The molecular formula is C9H14N4O4. The third kappa shape index (κ3) is 3.74. The third-order valence-corrected chi connectivity index (χ3v) is 2.17. The Morgan fingerprint density at radius 3 is 2.76 bits per heavy atom. The number of carbonyl (C=O) groups is 1. The van der Waals surface area contributed by atoms with Crippen LogP contribution in [0.25, 0.3) is 0 Å². The zero-order valence-corrected chi connectivity index (χ0v) is 9.32. The molecule has 1 atom stereocenters. The predicted octanol–water partition coefficient (Wildman–Crippen LogP) is -0.486. The van der Waals surface area contributed by atoms with Gasteiger partial charge in [-0.25, -0.2) is 14.7 Å². The fourth-order valence-corrected chi connectivity index (χ4v) is 1.28. The number of nitrogens with zero attached hydrogens (tertiary/aromatic N) is 1. The average Bonchev–Trinajstić information content (AvgIpc) is 2.26. The van der Waals surface area contributed by atoms with Crippen LogP contribution in [0, 0.1) is 0 Å². The minimum Gasteiger partial charge on any atom is -0.480 e. The maximum Gasteiger partial charge on any atom is 0.342 e. The molecule has 0 aromatic carbocycles. The lowest BCUT2D eigenvalue weighted by Gasteiger charge is -2.13. The molecule has 94 valence electrons. The van der Waals surface area contributed by atoms with E-state index in [9.17, 15) is 14.4 Å². The normalized spacial score (nSPS) is 12.1. The Hall–Kier alpha value is -2.12. The summed E-state index contributed by atoms with van der Waals surface area (Å²) in [7, 11) is 0. The lowest BCUT2D eigenvalue weighted by Crippen LogP contribution is -2.35. The van der Waals surface area contributed by atoms with Gasteiger partial charge in [-0.05, 0) is 6.42 Å². The van der Waals surface area contributed by atoms with E-state index < -0.39 is 23.3 Å². The number of carboxylic acid groups (broad SMARTS) is 1. The molecule has 1 aromatic heterocycles. The molecule has 0 aliphatic heterocycles. The van der Waals surface area contributed by atoms with Gasteiger partial charge in [-0.1, -0.05) is 19.8 Å². The van der Waals surface area contributed by atoms with Gasteiger partial charge in [-0.15, -0.1) is 5.10 Å². The number of rotatable bonds is 6. The summed E-state index contributed by atoms with van der Waals surface area (Å²) < 4.78 is 0. The molecule has 0 spiro atoms. The Kier molecular flexibility index (Phi) is 4.44. The van der Waals surface area contributed by atoms with Crippen molar-refractivity contribution in [1.82, 2.24) is 15.2 Å². The minimum atomic E-state index is -1.06. The first-order chi connectivity index (χ1) is 8.04. The van der Waals surface area contributed by atoms with E-state index in [2.05, 4.69) is 10.4 Å². The number of hydrogen-bond acceptors (Lipinski definition) is 5. The molecule has 0 bridgehead atoms. The van der Waals surface area contributed by atoms with Gasteiger partial charge in [0.15, 0.2) is 0 Å². The number of aromatic nitrogens is 3. The zero-order chi connectivity index (χ0) is 12.8. The van der Waals surface area contributed by atoms with E-state index in [0.29, 0.717) is 12.8 Å². The fraction of sp³-hybridized carbons (Fsp3) is 0.556. The largest absolute Gasteiger partial charge is 0.480 e. The van der Waals surface area contributed by atoms with Crippen LogP contribution in [-0.4, -0.2) is 32.3 Å². The Balaban J connectivity index is 2.82. The Morgan fingerprint density at radius 1 is 1.53 bits per heavy atom. The van der Waals surface area contributed by atoms with Crippen molar-refractivity contribution in [3.8, 4) is 0 Å². The summed E-state index contributed by atoms with van der Waals surface area (Å²) in [5, 5.41) is 16.9. The SMILES string of the molecule is CCCC[C@H](Nc1n[nH]c(=O)[nH]c1=O)C(=O)O. The van der Waals surface area contributed by atoms with E-state index in [0.717, 1.165) is 6.42 Å². The number of nitrogens with one attached hydrogen (secondary N) is 3. The summed E-state index contributed by atoms with van der Waals surface area (Å²) in [6.45, 7) is 1.93. The number of aliphatic carboxylic acids is 1. The molecule has 8 nitrogen and oxygen atoms in total. The minimum absolute atomic E-state index is 0.201. The van der Waals surface area contributed by atoms with Gasteiger partial charge in [-0.2, -0.15) is 0 Å². The van der Waals surface area contributed by atoms with Crippen molar-refractivity contribution in [2.75, 3.05) is 5.32 Å². The second-order valence-corrected chi connectivity index (χ2v) is 3.53. The molecule has 1 aromatic rings. The summed E-state index contributed by atoms with van der Waals surface area (Å²) in [5.74, 6) is -1.26. The molecule has 1 rings (SSSR count). The van der Waals surface area contributed by atoms with E-state index >= 15 is 0 Å². The van der Waals surface area contributed by atoms with Gasteiger partial charge in [0, 0.05) is 0 Å². The highest BCUT2D eigenvalue weighted by Gasteiger charge is 2.18. The van der Waals surface area contributed by atoms with E-state index in [-0.39, 0.29) is 5.82 Å². The number of aromatic amines is 2. The quantitative estimate of drug-likeness (QED) is 0.533. The first-order valence-corrected chi connectivity index (χ1v) is 5.23. The summed E-state index contributed by atoms with van der Waals surface area (Å²) in [4.78, 5) is 34.9. The standard InChI is InChI=1S/C9H14N4O4/c1-2-3-4-5(8(15)16)10-6-7(14)11-9(17)13-12-6/h5H,2-4H2,1H3,(H,10,12)(H,15,16)(H2,11,13,14,17)/t5-/m0/s1. The van der Waals surface area contributed by atoms with Crippen LogP contribution in [0.5, 0.6) is 0 Å². The highest BCUT2D eigenvalue weighted by Crippen LogP contribution is 2.04. The maximum absolute atomic E-state index is 11.3. The number of unbranched alkanes of at least 4 members (excludes halogenated alkanes) is 1. The molecule has 0 amide bonds. The number of carboxylic acids is 1. The van der Waals surface area contributed by atoms with Crippen molar-refractivity contribution in [2.45, 2.75) is 32.2 Å². The molecule has 0 radical (unpaired) electrons. The van der Waals surface area contributed by atoms with Gasteiger partial charge >= 0.3 is 11.7 Å². The van der Waals surface area contributed by atoms with Crippen LogP contribution in [0.1, 0.15) is 26.2 Å². The van der Waals surface area contributed by atoms with Gasteiger partial charge in [0.05, 0.1) is 0 Å². The molecule has 0 saturated heterocycles. The second kappa shape index (κ2) is 5.83. The average molecular weight is 242 g/mol. The van der Waals surface area contributed by atoms with Gasteiger partial charge in [0.2, 0.25) is 5.82 Å². The molecule has 17 heavy (non-hydrogen) atoms. The van der Waals surface area contributed by atoms with Gasteiger partial charge < -0.3 is 10.4 Å². The van der Waals surface area contributed by atoms with Gasteiger partial charge in [0.25, 0.3) is 5.56 Å². The van der Waals surface area contributed by atoms with Crippen molar-refractivity contribution < 1.29 is 9.90 Å². The molecule has 8 heteroatoms. The first-order valence-electron chi connectivity index (χ1n) is 5.23. The number of anilines is 1. The molecule has 0 saturated carbocycles. The Bertz CT molecular complexity index is 492. The van der Waals surface area contributed by atoms with Crippen LogP contribution < -0.4 is 16.6 Å². The van der Waals surface area contributed by atoms with Crippen LogP contribution in [-0.2, 0) is 4.79 Å². The maximum atomic E-state index is 11.3. The van der Waals surface area contributed by atoms with Crippen molar-refractivity contribution >= 4 is 11.8 Å². The highest BCUT2D eigenvalue weighted by atomic mass is 16.4. The van der Waals surface area contributed by atoms with E-state index in [4.69, 9.17) is 5.11 Å². The predicted molar refractivity (Wildman–Crippen MR) is 60.0 cm³/mol. The molecule has 1 heterocycles. The fourth-order valence-electron chi connectivity index (χ4n) is 1.28. The van der Waals surface area contributed by atoms with Gasteiger partial charge in [0.1, 0.15) is 6.04 Å². The van der Waals surface area contributed by atoms with Crippen LogP contribution in [0.3, 0.4) is 0 Å². The van der Waals surface area contributed by atoms with Crippen LogP contribution in [0.2, 0.25) is 0 Å². The van der Waals surface area contributed by atoms with Crippen molar-refractivity contribution in [1.29, 1.82) is 0 Å². The van der Waals surface area contributed by atoms with E-state index in [1.807, 2.05) is 17.0 Å². The third-order valence-electron chi connectivity index (χ3n) is 2.17. The first kappa shape index (κ1) is 12.9. The number of H-pyrrole nitrogens is 2. The summed E-state index contributed by atoms with van der Waals surface area (Å²) >= 11 is 0. The van der Waals surface area contributed by atoms with Gasteiger partial charge in [-0.3, -0.25) is 9.78 Å². The van der Waals surface area contributed by atoms with E-state index in [1.165, 1.54) is 0 Å².